The van der Waals surface area contributed by atoms with Crippen molar-refractivity contribution in [2.45, 2.75) is 57.4 Å². The quantitative estimate of drug-likeness (QED) is 0.509. The van der Waals surface area contributed by atoms with Crippen molar-refractivity contribution in [1.82, 2.24) is 0 Å². The molecule has 2 nitrogen and oxygen atoms in total. The average molecular weight is 203 g/mol. The Hall–Kier alpha value is -0.313. The van der Waals surface area contributed by atoms with Crippen molar-refractivity contribution in [2.24, 2.45) is 0 Å². The first-order chi connectivity index (χ1) is 6.94. The number of carbonyl (C=O) groups excluding carboxylic acids is 1. The highest BCUT2D eigenvalue weighted by atomic mass is 28.3. The van der Waals surface area contributed by atoms with Gasteiger partial charge in [-0.1, -0.05) is 19.6 Å². The van der Waals surface area contributed by atoms with Gasteiger partial charge in [0.2, 0.25) is 0 Å². The largest absolute Gasteiger partial charge is 0.460 e. The average Bonchev–Trinajstić information content (AvgIpc) is 1.95. The lowest BCUT2D eigenvalue weighted by Crippen LogP contribution is -2.49. The lowest BCUT2D eigenvalue weighted by atomic mass is 9.81. The van der Waals surface area contributed by atoms with Gasteiger partial charge in [0.05, 0.1) is 0 Å². The van der Waals surface area contributed by atoms with Gasteiger partial charge in [0.15, 0.2) is 0 Å². The molecule has 0 radical (unpaired) electrons. The fraction of sp³-hybridized carbons (Fsp3) is 0.900. The molecule has 3 heteroatoms. The highest BCUT2D eigenvalue weighted by Gasteiger charge is 2.48. The molecular formula is C10H20O2Si. The summed E-state index contributed by atoms with van der Waals surface area (Å²) in [7, 11) is -1.19. The maximum atomic E-state index is 11.3. The summed E-state index contributed by atoms with van der Waals surface area (Å²) in [5.41, 5.74) is 0.0816. The minimum Gasteiger partial charge on any atom is -0.460 e. The number of hydrogen-bond acceptors (Lipinski definition) is 2. The van der Waals surface area contributed by atoms with E-state index < -0.39 is 26.5 Å². The molecule has 1 rings (SSSR count). The summed E-state index contributed by atoms with van der Waals surface area (Å²) in [5, 5.41) is 0. The molecule has 0 aliphatic heterocycles. The molecule has 0 heterocycles. The molecule has 0 saturated heterocycles. The lowest BCUT2D eigenvalue weighted by Gasteiger charge is -2.49. The van der Waals surface area contributed by atoms with E-state index >= 15 is 0 Å². The highest BCUT2D eigenvalue weighted by molar-refractivity contribution is 6.77. The van der Waals surface area contributed by atoms with Crippen molar-refractivity contribution < 1.29 is 13.6 Å². The fourth-order valence-corrected chi connectivity index (χ4v) is 3.99. The molecule has 13 heavy (non-hydrogen) atoms. The topological polar surface area (TPSA) is 26.3 Å². The minimum atomic E-state index is -2.63. The van der Waals surface area contributed by atoms with Gasteiger partial charge in [-0.2, -0.15) is 0 Å². The predicted molar refractivity (Wildman–Crippen MR) is 56.5 cm³/mol. The van der Waals surface area contributed by atoms with Crippen LogP contribution in [0.3, 0.4) is 0 Å². The summed E-state index contributed by atoms with van der Waals surface area (Å²) in [5.74, 6) is -1.07. The minimum absolute atomic E-state index is 0.545. The SMILES string of the molecule is [2H]C([2H])([2H])C(=O)OC1(C)CC([Si](C)(C)C)C1. The van der Waals surface area contributed by atoms with Gasteiger partial charge in [-0.15, -0.1) is 0 Å². The van der Waals surface area contributed by atoms with E-state index in [1.54, 1.807) is 0 Å². The third kappa shape index (κ3) is 2.56. The van der Waals surface area contributed by atoms with E-state index in [4.69, 9.17) is 8.85 Å². The molecule has 0 unspecified atom stereocenters. The second-order valence-electron chi connectivity index (χ2n) is 5.31. The van der Waals surface area contributed by atoms with Crippen molar-refractivity contribution in [3.05, 3.63) is 0 Å². The van der Waals surface area contributed by atoms with Gasteiger partial charge in [0, 0.05) is 19.0 Å². The van der Waals surface area contributed by atoms with Crippen LogP contribution in [0.5, 0.6) is 0 Å². The molecule has 1 aliphatic carbocycles. The van der Waals surface area contributed by atoms with Crippen LogP contribution in [0.15, 0.2) is 0 Å². The Kier molecular flexibility index (Phi) is 1.69. The molecule has 0 aromatic heterocycles. The highest BCUT2D eigenvalue weighted by Crippen LogP contribution is 2.49. The Morgan fingerprint density at radius 2 is 2.08 bits per heavy atom. The molecular weight excluding hydrogens is 180 g/mol. The molecule has 0 N–H and O–H groups in total. The van der Waals surface area contributed by atoms with Gasteiger partial charge in [-0.05, 0) is 25.3 Å². The van der Waals surface area contributed by atoms with Crippen molar-refractivity contribution in [1.29, 1.82) is 0 Å². The molecule has 0 atom stereocenters. The molecule has 0 aromatic rings. The van der Waals surface area contributed by atoms with Gasteiger partial charge in [-0.3, -0.25) is 4.79 Å². The summed E-state index contributed by atoms with van der Waals surface area (Å²) in [6, 6.07) is 0. The van der Waals surface area contributed by atoms with Gasteiger partial charge in [-0.25, -0.2) is 0 Å². The van der Waals surface area contributed by atoms with E-state index in [0.29, 0.717) is 5.54 Å². The van der Waals surface area contributed by atoms with Crippen LogP contribution in [0.4, 0.5) is 0 Å². The van der Waals surface area contributed by atoms with E-state index in [0.717, 1.165) is 12.8 Å². The summed E-state index contributed by atoms with van der Waals surface area (Å²) < 4.78 is 26.0. The summed E-state index contributed by atoms with van der Waals surface area (Å²) >= 11 is 0. The van der Waals surface area contributed by atoms with Gasteiger partial charge in [0.25, 0.3) is 0 Å². The Balaban J connectivity index is 2.51. The number of carbonyl (C=O) groups is 1. The van der Waals surface area contributed by atoms with E-state index in [1.807, 2.05) is 6.92 Å². The Morgan fingerprint density at radius 3 is 2.46 bits per heavy atom. The van der Waals surface area contributed by atoms with Crippen LogP contribution in [0, 0.1) is 0 Å². The van der Waals surface area contributed by atoms with Crippen LogP contribution in [-0.4, -0.2) is 19.6 Å². The molecule has 0 amide bonds. The van der Waals surface area contributed by atoms with Crippen molar-refractivity contribution in [3.63, 3.8) is 0 Å². The van der Waals surface area contributed by atoms with E-state index in [1.165, 1.54) is 0 Å². The van der Waals surface area contributed by atoms with E-state index in [-0.39, 0.29) is 0 Å². The number of rotatable bonds is 2. The smallest absolute Gasteiger partial charge is 0.303 e. The molecule has 0 spiro atoms. The first-order valence-electron chi connectivity index (χ1n) is 6.17. The van der Waals surface area contributed by atoms with Crippen LogP contribution in [0.1, 0.15) is 30.7 Å². The van der Waals surface area contributed by atoms with Gasteiger partial charge in [0.1, 0.15) is 5.60 Å². The standard InChI is InChI=1S/C10H20O2Si/c1-8(11)12-10(2)6-9(7-10)13(3,4)5/h9H,6-7H2,1-5H3/i1D3. The van der Waals surface area contributed by atoms with Gasteiger partial charge < -0.3 is 4.74 Å². The fourth-order valence-electron chi connectivity index (χ4n) is 1.90. The lowest BCUT2D eigenvalue weighted by molar-refractivity contribution is -0.163. The van der Waals surface area contributed by atoms with Crippen LogP contribution < -0.4 is 0 Å². The molecule has 0 bridgehead atoms. The summed E-state index contributed by atoms with van der Waals surface area (Å²) in [4.78, 5) is 11.3. The number of esters is 1. The molecule has 1 aliphatic rings. The van der Waals surface area contributed by atoms with Crippen LogP contribution in [-0.2, 0) is 9.53 Å². The van der Waals surface area contributed by atoms with E-state index in [2.05, 4.69) is 19.6 Å². The van der Waals surface area contributed by atoms with E-state index in [9.17, 15) is 4.79 Å². The van der Waals surface area contributed by atoms with Crippen molar-refractivity contribution in [3.8, 4) is 0 Å². The Morgan fingerprint density at radius 1 is 1.54 bits per heavy atom. The Labute approximate surface area is 85.9 Å². The first-order valence-corrected chi connectivity index (χ1v) is 8.25. The predicted octanol–water partition coefficient (Wildman–Crippen LogP) is 2.81. The zero-order chi connectivity index (χ0) is 12.8. The molecule has 76 valence electrons. The summed E-state index contributed by atoms with van der Waals surface area (Å²) in [6.07, 6.45) is 1.62. The molecule has 1 fully saturated rings. The van der Waals surface area contributed by atoms with Crippen LogP contribution in [0.2, 0.25) is 25.2 Å². The van der Waals surface area contributed by atoms with Crippen LogP contribution in [0.25, 0.3) is 0 Å². The van der Waals surface area contributed by atoms with Crippen molar-refractivity contribution in [2.75, 3.05) is 0 Å². The normalized spacial score (nSPS) is 38.2. The summed E-state index contributed by atoms with van der Waals surface area (Å²) in [6.45, 7) is 6.04. The van der Waals surface area contributed by atoms with Gasteiger partial charge >= 0.3 is 5.97 Å². The molecule has 1 saturated carbocycles. The third-order valence-corrected chi connectivity index (χ3v) is 5.78. The maximum Gasteiger partial charge on any atom is 0.303 e. The monoisotopic (exact) mass is 203 g/mol. The maximum absolute atomic E-state index is 11.3. The van der Waals surface area contributed by atoms with Crippen molar-refractivity contribution >= 4 is 14.0 Å². The zero-order valence-electron chi connectivity index (χ0n) is 11.8. The second kappa shape index (κ2) is 3.12. The molecule has 0 aromatic carbocycles. The first kappa shape index (κ1) is 7.04. The number of ether oxygens (including phenoxy) is 1. The number of hydrogen-bond donors (Lipinski definition) is 0. The Bertz CT molecular complexity index is 287. The third-order valence-electron chi connectivity index (χ3n) is 2.92. The van der Waals surface area contributed by atoms with Crippen LogP contribution >= 0.6 is 0 Å². The second-order valence-corrected chi connectivity index (χ2v) is 10.9. The zero-order valence-corrected chi connectivity index (χ0v) is 9.81.